The minimum atomic E-state index is -0.796. The second kappa shape index (κ2) is 11.1. The number of hydrogen-bond acceptors (Lipinski definition) is 5. The number of carbonyl (C=O) groups excluding carboxylic acids is 3. The summed E-state index contributed by atoms with van der Waals surface area (Å²) in [6.45, 7) is 7.45. The highest BCUT2D eigenvalue weighted by Crippen LogP contribution is 2.07. The maximum atomic E-state index is 12.4. The van der Waals surface area contributed by atoms with Crippen molar-refractivity contribution in [3.63, 3.8) is 0 Å². The van der Waals surface area contributed by atoms with Crippen LogP contribution in [0.15, 0.2) is 30.3 Å². The summed E-state index contributed by atoms with van der Waals surface area (Å²) in [5.41, 5.74) is 0.850. The van der Waals surface area contributed by atoms with Crippen molar-refractivity contribution in [3.05, 3.63) is 35.9 Å². The molecule has 0 radical (unpaired) electrons. The molecular formula is C19H28N2O5. The molecular weight excluding hydrogens is 336 g/mol. The van der Waals surface area contributed by atoms with Crippen molar-refractivity contribution in [3.8, 4) is 0 Å². The summed E-state index contributed by atoms with van der Waals surface area (Å²) < 4.78 is 10.0. The fourth-order valence-electron chi connectivity index (χ4n) is 2.25. The third kappa shape index (κ3) is 8.00. The van der Waals surface area contributed by atoms with Gasteiger partial charge in [-0.05, 0) is 31.7 Å². The molecule has 2 atom stereocenters. The standard InChI is InChI=1S/C19H28N2O5/c1-5-25-18(23)14(4)20-17(22)16(11-13(2)3)21-19(24)26-12-15-9-7-6-8-10-15/h6-10,13-14,16H,5,11-12H2,1-4H3,(H,20,22)(H,21,24)/t14-,16+/m1/s1. The van der Waals surface area contributed by atoms with E-state index in [9.17, 15) is 14.4 Å². The Kier molecular flexibility index (Phi) is 9.19. The van der Waals surface area contributed by atoms with Crippen LogP contribution in [0.3, 0.4) is 0 Å². The van der Waals surface area contributed by atoms with Crippen molar-refractivity contribution in [1.29, 1.82) is 0 Å². The van der Waals surface area contributed by atoms with Crippen molar-refractivity contribution < 1.29 is 23.9 Å². The van der Waals surface area contributed by atoms with E-state index in [2.05, 4.69) is 10.6 Å². The molecule has 0 saturated carbocycles. The van der Waals surface area contributed by atoms with Crippen LogP contribution in [0.2, 0.25) is 0 Å². The minimum Gasteiger partial charge on any atom is -0.464 e. The molecule has 1 rings (SSSR count). The van der Waals surface area contributed by atoms with Gasteiger partial charge in [-0.15, -0.1) is 0 Å². The van der Waals surface area contributed by atoms with Crippen LogP contribution >= 0.6 is 0 Å². The Morgan fingerprint density at radius 3 is 2.23 bits per heavy atom. The van der Waals surface area contributed by atoms with Crippen LogP contribution in [0.25, 0.3) is 0 Å². The number of ether oxygens (including phenoxy) is 2. The lowest BCUT2D eigenvalue weighted by Crippen LogP contribution is -2.51. The van der Waals surface area contributed by atoms with Gasteiger partial charge < -0.3 is 20.1 Å². The summed E-state index contributed by atoms with van der Waals surface area (Å²) in [4.78, 5) is 36.1. The first kappa shape index (κ1) is 21.5. The summed E-state index contributed by atoms with van der Waals surface area (Å²) in [7, 11) is 0. The average Bonchev–Trinajstić information content (AvgIpc) is 2.60. The fraction of sp³-hybridized carbons (Fsp3) is 0.526. The van der Waals surface area contributed by atoms with Crippen LogP contribution < -0.4 is 10.6 Å². The molecule has 0 bridgehead atoms. The third-order valence-electron chi connectivity index (χ3n) is 3.53. The van der Waals surface area contributed by atoms with Gasteiger partial charge >= 0.3 is 12.1 Å². The molecule has 2 N–H and O–H groups in total. The lowest BCUT2D eigenvalue weighted by Gasteiger charge is -2.22. The number of benzene rings is 1. The normalized spacial score (nSPS) is 12.8. The third-order valence-corrected chi connectivity index (χ3v) is 3.53. The zero-order valence-electron chi connectivity index (χ0n) is 15.8. The van der Waals surface area contributed by atoms with Crippen molar-refractivity contribution in [2.24, 2.45) is 5.92 Å². The molecule has 26 heavy (non-hydrogen) atoms. The molecule has 7 heteroatoms. The Labute approximate surface area is 154 Å². The van der Waals surface area contributed by atoms with Crippen LogP contribution in [0, 0.1) is 5.92 Å². The molecule has 0 aromatic heterocycles. The summed E-state index contributed by atoms with van der Waals surface area (Å²) in [6.07, 6.45) is -0.264. The Bertz CT molecular complexity index is 589. The van der Waals surface area contributed by atoms with Crippen molar-refractivity contribution in [2.45, 2.75) is 52.8 Å². The number of rotatable bonds is 9. The molecule has 0 unspecified atom stereocenters. The zero-order chi connectivity index (χ0) is 19.5. The molecule has 0 spiro atoms. The summed E-state index contributed by atoms with van der Waals surface area (Å²) >= 11 is 0. The van der Waals surface area contributed by atoms with Crippen molar-refractivity contribution in [1.82, 2.24) is 10.6 Å². The fourth-order valence-corrected chi connectivity index (χ4v) is 2.25. The van der Waals surface area contributed by atoms with Gasteiger partial charge in [-0.2, -0.15) is 0 Å². The Morgan fingerprint density at radius 1 is 1.00 bits per heavy atom. The molecule has 0 aliphatic rings. The zero-order valence-corrected chi connectivity index (χ0v) is 15.8. The monoisotopic (exact) mass is 364 g/mol. The minimum absolute atomic E-state index is 0.113. The number of amides is 2. The Balaban J connectivity index is 2.60. The van der Waals surface area contributed by atoms with E-state index in [0.717, 1.165) is 5.56 Å². The smallest absolute Gasteiger partial charge is 0.408 e. The molecule has 0 heterocycles. The molecule has 0 fully saturated rings. The first-order valence-corrected chi connectivity index (χ1v) is 8.77. The predicted molar refractivity (Wildman–Crippen MR) is 97.2 cm³/mol. The molecule has 2 amide bonds. The second-order valence-corrected chi connectivity index (χ2v) is 6.37. The van der Waals surface area contributed by atoms with Gasteiger partial charge in [0.25, 0.3) is 0 Å². The Morgan fingerprint density at radius 2 is 1.65 bits per heavy atom. The van der Waals surface area contributed by atoms with E-state index >= 15 is 0 Å². The maximum Gasteiger partial charge on any atom is 0.408 e. The highest BCUT2D eigenvalue weighted by molar-refractivity contribution is 5.89. The van der Waals surface area contributed by atoms with Gasteiger partial charge in [0.05, 0.1) is 6.61 Å². The SMILES string of the molecule is CCOC(=O)[C@@H](C)NC(=O)[C@H](CC(C)C)NC(=O)OCc1ccccc1. The van der Waals surface area contributed by atoms with E-state index in [1.165, 1.54) is 6.92 Å². The topological polar surface area (TPSA) is 93.7 Å². The van der Waals surface area contributed by atoms with Gasteiger partial charge in [0.15, 0.2) is 0 Å². The number of alkyl carbamates (subject to hydrolysis) is 1. The van der Waals surface area contributed by atoms with Gasteiger partial charge in [0.2, 0.25) is 5.91 Å². The summed E-state index contributed by atoms with van der Waals surface area (Å²) in [5, 5.41) is 5.13. The van der Waals surface area contributed by atoms with Gasteiger partial charge in [0, 0.05) is 0 Å². The van der Waals surface area contributed by atoms with E-state index in [0.29, 0.717) is 6.42 Å². The molecule has 0 aliphatic heterocycles. The number of hydrogen-bond donors (Lipinski definition) is 2. The van der Waals surface area contributed by atoms with Gasteiger partial charge in [-0.1, -0.05) is 44.2 Å². The van der Waals surface area contributed by atoms with Gasteiger partial charge in [0.1, 0.15) is 18.7 Å². The number of esters is 1. The van der Waals surface area contributed by atoms with Crippen LogP contribution in [-0.2, 0) is 25.7 Å². The number of carbonyl (C=O) groups is 3. The van der Waals surface area contributed by atoms with Crippen LogP contribution in [0.5, 0.6) is 0 Å². The van der Waals surface area contributed by atoms with Crippen molar-refractivity contribution in [2.75, 3.05) is 6.61 Å². The van der Waals surface area contributed by atoms with Gasteiger partial charge in [-0.25, -0.2) is 9.59 Å². The average molecular weight is 364 g/mol. The van der Waals surface area contributed by atoms with E-state index in [-0.39, 0.29) is 19.1 Å². The lowest BCUT2D eigenvalue weighted by molar-refractivity contribution is -0.147. The molecule has 0 aliphatic carbocycles. The van der Waals surface area contributed by atoms with Crippen LogP contribution in [0.1, 0.15) is 39.7 Å². The summed E-state index contributed by atoms with van der Waals surface area (Å²) in [5.74, 6) is -0.801. The number of nitrogens with one attached hydrogen (secondary N) is 2. The molecule has 0 saturated heterocycles. The van der Waals surface area contributed by atoms with E-state index < -0.39 is 30.1 Å². The molecule has 1 aromatic rings. The van der Waals surface area contributed by atoms with Crippen LogP contribution in [0.4, 0.5) is 4.79 Å². The summed E-state index contributed by atoms with van der Waals surface area (Å²) in [6, 6.07) is 7.66. The molecule has 7 nitrogen and oxygen atoms in total. The van der Waals surface area contributed by atoms with Crippen LogP contribution in [-0.4, -0.2) is 36.7 Å². The predicted octanol–water partition coefficient (Wildman–Crippen LogP) is 2.40. The first-order chi connectivity index (χ1) is 12.3. The highest BCUT2D eigenvalue weighted by Gasteiger charge is 2.26. The quantitative estimate of drug-likeness (QED) is 0.656. The largest absolute Gasteiger partial charge is 0.464 e. The van der Waals surface area contributed by atoms with E-state index in [1.54, 1.807) is 6.92 Å². The lowest BCUT2D eigenvalue weighted by atomic mass is 10.0. The second-order valence-electron chi connectivity index (χ2n) is 6.37. The molecule has 1 aromatic carbocycles. The van der Waals surface area contributed by atoms with E-state index in [1.807, 2.05) is 44.2 Å². The maximum absolute atomic E-state index is 12.4. The van der Waals surface area contributed by atoms with Crippen molar-refractivity contribution >= 4 is 18.0 Å². The Hall–Kier alpha value is -2.57. The highest BCUT2D eigenvalue weighted by atomic mass is 16.5. The van der Waals surface area contributed by atoms with E-state index in [4.69, 9.17) is 9.47 Å². The molecule has 144 valence electrons. The van der Waals surface area contributed by atoms with Gasteiger partial charge in [-0.3, -0.25) is 4.79 Å². The first-order valence-electron chi connectivity index (χ1n) is 8.77.